The lowest BCUT2D eigenvalue weighted by Gasteiger charge is -2.03. The van der Waals surface area contributed by atoms with Gasteiger partial charge in [0.05, 0.1) is 17.1 Å². The molecule has 0 saturated carbocycles. The van der Waals surface area contributed by atoms with Gasteiger partial charge in [-0.2, -0.15) is 0 Å². The van der Waals surface area contributed by atoms with Crippen molar-refractivity contribution in [3.8, 4) is 0 Å². The Bertz CT molecular complexity index is 764. The van der Waals surface area contributed by atoms with E-state index in [2.05, 4.69) is 0 Å². The van der Waals surface area contributed by atoms with Crippen molar-refractivity contribution in [3.05, 3.63) is 22.6 Å². The van der Waals surface area contributed by atoms with Crippen LogP contribution in [0, 0.1) is 0 Å². The zero-order valence-corrected chi connectivity index (χ0v) is 14.5. The average molecular weight is 389 g/mol. The molecule has 0 bridgehead atoms. The van der Waals surface area contributed by atoms with Crippen LogP contribution < -0.4 is 5.48 Å². The normalized spacial score (nSPS) is 13.8. The molecule has 0 aliphatic heterocycles. The number of hydrogen-bond acceptors (Lipinski definition) is 10. The Kier molecular flexibility index (Phi) is 8.03. The molecule has 0 atom stereocenters. The maximum atomic E-state index is 12.1. The highest BCUT2D eigenvalue weighted by molar-refractivity contribution is 8.16. The van der Waals surface area contributed by atoms with Gasteiger partial charge in [-0.3, -0.25) is 24.0 Å². The molecule has 11 heteroatoms. The van der Waals surface area contributed by atoms with E-state index in [1.165, 1.54) is 6.08 Å². The molecule has 0 aromatic heterocycles. The van der Waals surface area contributed by atoms with Crippen LogP contribution in [0.5, 0.6) is 0 Å². The van der Waals surface area contributed by atoms with Crippen LogP contribution in [-0.4, -0.2) is 54.0 Å². The number of carbonyl (C=O) groups is 5. The van der Waals surface area contributed by atoms with Gasteiger partial charge < -0.3 is 5.21 Å². The summed E-state index contributed by atoms with van der Waals surface area (Å²) in [6, 6.07) is 0. The number of hydrogen-bond donors (Lipinski definition) is 2. The molecule has 9 nitrogen and oxygen atoms in total. The number of thioether (sulfide) groups is 1. The quantitative estimate of drug-likeness (QED) is 0.216. The van der Waals surface area contributed by atoms with Crippen LogP contribution in [0.3, 0.4) is 0 Å². The zero-order valence-electron chi connectivity index (χ0n) is 12.9. The van der Waals surface area contributed by atoms with E-state index in [0.29, 0.717) is 12.0 Å². The highest BCUT2D eigenvalue weighted by Crippen LogP contribution is 2.26. The molecule has 2 N–H and O–H groups in total. The van der Waals surface area contributed by atoms with Crippen LogP contribution in [0.15, 0.2) is 22.6 Å². The maximum Gasteiger partial charge on any atom is 0.258 e. The number of rotatable bonds is 10. The zero-order chi connectivity index (χ0) is 19.0. The number of allylic oxidation sites excluding steroid dienone is 3. The molecular formula is C14H15NO8S2. The van der Waals surface area contributed by atoms with E-state index in [9.17, 15) is 32.4 Å². The summed E-state index contributed by atoms with van der Waals surface area (Å²) in [4.78, 5) is 55.6. The summed E-state index contributed by atoms with van der Waals surface area (Å²) >= 11 is 0.240. The van der Waals surface area contributed by atoms with E-state index in [-0.39, 0.29) is 35.9 Å². The van der Waals surface area contributed by atoms with E-state index < -0.39 is 43.8 Å². The maximum absolute atomic E-state index is 12.1. The minimum absolute atomic E-state index is 0.0101. The fourth-order valence-corrected chi connectivity index (χ4v) is 3.61. The number of nitrogens with one attached hydrogen (secondary N) is 1. The summed E-state index contributed by atoms with van der Waals surface area (Å²) in [5.41, 5.74) is 2.53. The molecule has 0 unspecified atom stereocenters. The number of aldehydes is 1. The van der Waals surface area contributed by atoms with Gasteiger partial charge in [0.15, 0.2) is 6.29 Å². The summed E-state index contributed by atoms with van der Waals surface area (Å²) in [5, 5.41) is 5.94. The molecule has 1 aliphatic rings. The van der Waals surface area contributed by atoms with Gasteiger partial charge in [-0.25, -0.2) is 13.9 Å². The third-order valence-corrected chi connectivity index (χ3v) is 5.73. The van der Waals surface area contributed by atoms with Gasteiger partial charge in [0.2, 0.25) is 21.4 Å². The Morgan fingerprint density at radius 2 is 1.96 bits per heavy atom. The molecule has 0 saturated heterocycles. The van der Waals surface area contributed by atoms with Gasteiger partial charge in [0.25, 0.3) is 10.2 Å². The highest BCUT2D eigenvalue weighted by Gasteiger charge is 2.32. The highest BCUT2D eigenvalue weighted by atomic mass is 32.2. The summed E-state index contributed by atoms with van der Waals surface area (Å²) in [6.07, 6.45) is 2.06. The van der Waals surface area contributed by atoms with Crippen molar-refractivity contribution >= 4 is 49.7 Å². The molecule has 0 aromatic rings. The first-order valence-electron chi connectivity index (χ1n) is 6.94. The molecule has 0 heterocycles. The lowest BCUT2D eigenvalue weighted by Crippen LogP contribution is -2.23. The molecule has 0 aromatic carbocycles. The van der Waals surface area contributed by atoms with Gasteiger partial charge in [0, 0.05) is 13.0 Å². The molecule has 136 valence electrons. The van der Waals surface area contributed by atoms with E-state index in [4.69, 9.17) is 5.21 Å². The Hall–Kier alpha value is -1.95. The van der Waals surface area contributed by atoms with Crippen molar-refractivity contribution in [2.24, 2.45) is 0 Å². The van der Waals surface area contributed by atoms with Crippen LogP contribution in [0.4, 0.5) is 0 Å². The second-order valence-corrected chi connectivity index (χ2v) is 7.82. The number of carbonyl (C=O) groups excluding carboxylic acids is 5. The topological polar surface area (TPSA) is 152 Å². The number of Topliss-reactive ketones (excluding diaryl/α,β-unsaturated/α-hetero) is 2. The first-order valence-corrected chi connectivity index (χ1v) is 9.41. The lowest BCUT2D eigenvalue weighted by molar-refractivity contribution is -0.133. The fraction of sp³-hybridized carbons (Fsp3) is 0.357. The first-order chi connectivity index (χ1) is 11.7. The molecule has 1 rings (SSSR count). The van der Waals surface area contributed by atoms with Crippen LogP contribution >= 0.6 is 11.8 Å². The summed E-state index contributed by atoms with van der Waals surface area (Å²) in [5.74, 6) is -2.71. The molecule has 0 amide bonds. The van der Waals surface area contributed by atoms with E-state index in [1.54, 1.807) is 6.08 Å². The third kappa shape index (κ3) is 6.12. The predicted octanol–water partition coefficient (Wildman–Crippen LogP) is -0.502. The Balaban J connectivity index is 2.67. The summed E-state index contributed by atoms with van der Waals surface area (Å²) in [6.45, 7) is 0.202. The largest absolute Gasteiger partial charge is 0.317 e. The predicted molar refractivity (Wildman–Crippen MR) is 87.3 cm³/mol. The van der Waals surface area contributed by atoms with Gasteiger partial charge in [-0.15, -0.1) is 0 Å². The second kappa shape index (κ2) is 9.51. The van der Waals surface area contributed by atoms with Gasteiger partial charge >= 0.3 is 0 Å². The van der Waals surface area contributed by atoms with Crippen LogP contribution in [0.25, 0.3) is 0 Å². The third-order valence-electron chi connectivity index (χ3n) is 3.09. The Morgan fingerprint density at radius 3 is 2.56 bits per heavy atom. The van der Waals surface area contributed by atoms with Crippen molar-refractivity contribution in [3.63, 3.8) is 0 Å². The summed E-state index contributed by atoms with van der Waals surface area (Å²) in [7, 11) is -4.38. The van der Waals surface area contributed by atoms with E-state index >= 15 is 0 Å². The van der Waals surface area contributed by atoms with Gasteiger partial charge in [0.1, 0.15) is 0 Å². The van der Waals surface area contributed by atoms with Crippen molar-refractivity contribution < 1.29 is 37.6 Å². The molecular weight excluding hydrogens is 374 g/mol. The fourth-order valence-electron chi connectivity index (χ4n) is 1.81. The Labute approximate surface area is 147 Å². The number of hydroxylamine groups is 1. The van der Waals surface area contributed by atoms with Crippen LogP contribution in [-0.2, 0) is 33.8 Å². The van der Waals surface area contributed by atoms with E-state index in [1.807, 2.05) is 5.48 Å². The average Bonchev–Trinajstić information content (AvgIpc) is 3.06. The van der Waals surface area contributed by atoms with Crippen LogP contribution in [0.2, 0.25) is 0 Å². The van der Waals surface area contributed by atoms with Crippen molar-refractivity contribution in [2.75, 3.05) is 12.3 Å². The van der Waals surface area contributed by atoms with Gasteiger partial charge in [-0.05, 0) is 18.1 Å². The Morgan fingerprint density at radius 1 is 1.28 bits per heavy atom. The van der Waals surface area contributed by atoms with Crippen molar-refractivity contribution in [1.29, 1.82) is 0 Å². The minimum Gasteiger partial charge on any atom is -0.317 e. The molecule has 0 fully saturated rings. The standard InChI is InChI=1S/C14H15NO8S2/c16-7-10(17)8-24-14(20)12(18)6-13(19)25(22,23)11-2-1-9(5-11)3-4-15-21/h1,5,7,15,21H,2-4,6,8H2. The van der Waals surface area contributed by atoms with E-state index in [0.717, 1.165) is 0 Å². The number of sulfone groups is 1. The second-order valence-electron chi connectivity index (χ2n) is 4.89. The molecule has 25 heavy (non-hydrogen) atoms. The summed E-state index contributed by atoms with van der Waals surface area (Å²) < 4.78 is 24.3. The smallest absolute Gasteiger partial charge is 0.258 e. The lowest BCUT2D eigenvalue weighted by atomic mass is 10.2. The van der Waals surface area contributed by atoms with Gasteiger partial charge in [-0.1, -0.05) is 17.8 Å². The molecule has 0 spiro atoms. The monoisotopic (exact) mass is 389 g/mol. The number of ketones is 2. The molecule has 1 aliphatic carbocycles. The minimum atomic E-state index is -4.38. The first kappa shape index (κ1) is 21.1. The van der Waals surface area contributed by atoms with Crippen molar-refractivity contribution in [1.82, 2.24) is 5.48 Å². The SMILES string of the molecule is O=CC(=O)CSC(=O)C(=O)CC(=O)S(=O)(=O)C1=CC(CCNO)=CC1. The molecule has 0 radical (unpaired) electrons. The van der Waals surface area contributed by atoms with Crippen LogP contribution in [0.1, 0.15) is 19.3 Å². The van der Waals surface area contributed by atoms with Crippen molar-refractivity contribution in [2.45, 2.75) is 19.3 Å².